The first-order valence-electron chi connectivity index (χ1n) is 7.15. The third-order valence-corrected chi connectivity index (χ3v) is 3.50. The first kappa shape index (κ1) is 15.8. The van der Waals surface area contributed by atoms with Crippen molar-refractivity contribution >= 4 is 23.2 Å². The molecule has 0 radical (unpaired) electrons. The van der Waals surface area contributed by atoms with Crippen LogP contribution < -0.4 is 10.2 Å². The number of anilines is 2. The lowest BCUT2D eigenvalue weighted by molar-refractivity contribution is -0.116. The van der Waals surface area contributed by atoms with E-state index in [1.54, 1.807) is 11.9 Å². The second kappa shape index (κ2) is 6.89. The van der Waals surface area contributed by atoms with Gasteiger partial charge < -0.3 is 10.2 Å². The Balaban J connectivity index is 1.97. The smallest absolute Gasteiger partial charge is 0.228 e. The van der Waals surface area contributed by atoms with Gasteiger partial charge in [-0.25, -0.2) is 0 Å². The minimum Gasteiger partial charge on any atom is -0.326 e. The van der Waals surface area contributed by atoms with Crippen molar-refractivity contribution in [1.82, 2.24) is 0 Å². The number of carbonyl (C=O) groups is 2. The van der Waals surface area contributed by atoms with E-state index in [1.165, 1.54) is 6.92 Å². The minimum absolute atomic E-state index is 0.0233. The quantitative estimate of drug-likeness (QED) is 0.942. The second-order valence-corrected chi connectivity index (χ2v) is 5.34. The van der Waals surface area contributed by atoms with Crippen LogP contribution in [-0.4, -0.2) is 18.9 Å². The molecule has 0 heterocycles. The maximum atomic E-state index is 12.0. The largest absolute Gasteiger partial charge is 0.326 e. The van der Waals surface area contributed by atoms with Crippen LogP contribution in [0.5, 0.6) is 0 Å². The maximum absolute atomic E-state index is 12.0. The summed E-state index contributed by atoms with van der Waals surface area (Å²) in [6, 6.07) is 15.1. The van der Waals surface area contributed by atoms with Gasteiger partial charge in [0.15, 0.2) is 0 Å². The third kappa shape index (κ3) is 4.19. The average Bonchev–Trinajstić information content (AvgIpc) is 2.49. The summed E-state index contributed by atoms with van der Waals surface area (Å²) in [6.07, 6.45) is 0.304. The van der Waals surface area contributed by atoms with Crippen LogP contribution in [0.4, 0.5) is 11.4 Å². The lowest BCUT2D eigenvalue weighted by atomic mass is 10.1. The SMILES string of the molecule is CC(=O)N(C)c1ccc(CC(=O)Nc2ccc(C)cc2)cc1. The van der Waals surface area contributed by atoms with Gasteiger partial charge in [-0.05, 0) is 36.8 Å². The number of nitrogens with one attached hydrogen (secondary N) is 1. The summed E-state index contributed by atoms with van der Waals surface area (Å²) in [5.74, 6) is -0.0820. The second-order valence-electron chi connectivity index (χ2n) is 5.34. The first-order chi connectivity index (χ1) is 10.5. The zero-order valence-corrected chi connectivity index (χ0v) is 13.1. The fourth-order valence-electron chi connectivity index (χ4n) is 2.05. The van der Waals surface area contributed by atoms with E-state index in [0.29, 0.717) is 6.42 Å². The molecule has 0 spiro atoms. The molecule has 2 aromatic rings. The van der Waals surface area contributed by atoms with Crippen molar-refractivity contribution < 1.29 is 9.59 Å². The molecule has 0 aliphatic rings. The minimum atomic E-state index is -0.0588. The summed E-state index contributed by atoms with van der Waals surface area (Å²) >= 11 is 0. The number of benzene rings is 2. The fourth-order valence-corrected chi connectivity index (χ4v) is 2.05. The van der Waals surface area contributed by atoms with E-state index in [9.17, 15) is 9.59 Å². The maximum Gasteiger partial charge on any atom is 0.228 e. The van der Waals surface area contributed by atoms with Crippen molar-refractivity contribution in [3.8, 4) is 0 Å². The Morgan fingerprint density at radius 3 is 2.14 bits per heavy atom. The Morgan fingerprint density at radius 2 is 1.59 bits per heavy atom. The Morgan fingerprint density at radius 1 is 1.00 bits per heavy atom. The van der Waals surface area contributed by atoms with Crippen LogP contribution in [0, 0.1) is 6.92 Å². The van der Waals surface area contributed by atoms with E-state index in [1.807, 2.05) is 55.5 Å². The van der Waals surface area contributed by atoms with Crippen LogP contribution in [0.1, 0.15) is 18.1 Å². The highest BCUT2D eigenvalue weighted by atomic mass is 16.2. The van der Waals surface area contributed by atoms with Crippen LogP contribution in [0.2, 0.25) is 0 Å². The molecule has 0 aliphatic carbocycles. The van der Waals surface area contributed by atoms with Crippen LogP contribution in [0.15, 0.2) is 48.5 Å². The van der Waals surface area contributed by atoms with E-state index in [-0.39, 0.29) is 11.8 Å². The summed E-state index contributed by atoms with van der Waals surface area (Å²) in [6.45, 7) is 3.52. The molecule has 0 fully saturated rings. The predicted molar refractivity (Wildman–Crippen MR) is 89.0 cm³/mol. The van der Waals surface area contributed by atoms with Gasteiger partial charge in [-0.2, -0.15) is 0 Å². The van der Waals surface area contributed by atoms with Crippen molar-refractivity contribution in [2.24, 2.45) is 0 Å². The van der Waals surface area contributed by atoms with Gasteiger partial charge in [0.1, 0.15) is 0 Å². The van der Waals surface area contributed by atoms with Gasteiger partial charge in [0, 0.05) is 25.3 Å². The van der Waals surface area contributed by atoms with Crippen molar-refractivity contribution in [2.45, 2.75) is 20.3 Å². The van der Waals surface area contributed by atoms with Crippen molar-refractivity contribution in [3.05, 3.63) is 59.7 Å². The highest BCUT2D eigenvalue weighted by Crippen LogP contribution is 2.15. The molecule has 0 atom stereocenters. The van der Waals surface area contributed by atoms with Gasteiger partial charge >= 0.3 is 0 Å². The van der Waals surface area contributed by atoms with Gasteiger partial charge in [-0.1, -0.05) is 29.8 Å². The number of hydrogen-bond acceptors (Lipinski definition) is 2. The molecule has 114 valence electrons. The van der Waals surface area contributed by atoms with Crippen molar-refractivity contribution in [1.29, 1.82) is 0 Å². The topological polar surface area (TPSA) is 49.4 Å². The lowest BCUT2D eigenvalue weighted by Crippen LogP contribution is -2.22. The summed E-state index contributed by atoms with van der Waals surface area (Å²) < 4.78 is 0. The molecule has 1 N–H and O–H groups in total. The molecule has 2 aromatic carbocycles. The highest BCUT2D eigenvalue weighted by molar-refractivity contribution is 5.93. The molecule has 4 heteroatoms. The standard InChI is InChI=1S/C18H20N2O2/c1-13-4-8-16(9-5-13)19-18(22)12-15-6-10-17(11-7-15)20(3)14(2)21/h4-11H,12H2,1-3H3,(H,19,22). The molecule has 0 saturated carbocycles. The Labute approximate surface area is 130 Å². The molecule has 0 aromatic heterocycles. The molecule has 2 rings (SSSR count). The molecule has 0 saturated heterocycles. The summed E-state index contributed by atoms with van der Waals surface area (Å²) in [5, 5.41) is 2.87. The van der Waals surface area contributed by atoms with Gasteiger partial charge in [0.2, 0.25) is 11.8 Å². The van der Waals surface area contributed by atoms with Crippen molar-refractivity contribution in [2.75, 3.05) is 17.3 Å². The highest BCUT2D eigenvalue weighted by Gasteiger charge is 2.07. The lowest BCUT2D eigenvalue weighted by Gasteiger charge is -2.15. The van der Waals surface area contributed by atoms with E-state index in [2.05, 4.69) is 5.32 Å². The Hall–Kier alpha value is -2.62. The van der Waals surface area contributed by atoms with E-state index in [4.69, 9.17) is 0 Å². The molecule has 4 nitrogen and oxygen atoms in total. The number of amides is 2. The molecule has 2 amide bonds. The number of nitrogens with zero attached hydrogens (tertiary/aromatic N) is 1. The van der Waals surface area contributed by atoms with Gasteiger partial charge in [-0.3, -0.25) is 9.59 Å². The van der Waals surface area contributed by atoms with E-state index >= 15 is 0 Å². The number of hydrogen-bond donors (Lipinski definition) is 1. The molecular formula is C18H20N2O2. The molecule has 22 heavy (non-hydrogen) atoms. The average molecular weight is 296 g/mol. The summed E-state index contributed by atoms with van der Waals surface area (Å²) in [4.78, 5) is 24.9. The fraction of sp³-hybridized carbons (Fsp3) is 0.222. The van der Waals surface area contributed by atoms with Crippen LogP contribution in [0.25, 0.3) is 0 Å². The number of carbonyl (C=O) groups excluding carboxylic acids is 2. The van der Waals surface area contributed by atoms with Crippen LogP contribution >= 0.6 is 0 Å². The Bertz CT molecular complexity index is 660. The molecule has 0 aliphatic heterocycles. The normalized spacial score (nSPS) is 10.1. The van der Waals surface area contributed by atoms with Gasteiger partial charge in [0.25, 0.3) is 0 Å². The molecular weight excluding hydrogens is 276 g/mol. The van der Waals surface area contributed by atoms with E-state index in [0.717, 1.165) is 22.5 Å². The number of rotatable bonds is 4. The number of aryl methyl sites for hydroxylation is 1. The van der Waals surface area contributed by atoms with Gasteiger partial charge in [0.05, 0.1) is 6.42 Å². The zero-order valence-electron chi connectivity index (χ0n) is 13.1. The summed E-state index contributed by atoms with van der Waals surface area (Å²) in [7, 11) is 1.72. The van der Waals surface area contributed by atoms with Crippen LogP contribution in [-0.2, 0) is 16.0 Å². The third-order valence-electron chi connectivity index (χ3n) is 3.50. The zero-order chi connectivity index (χ0) is 16.1. The summed E-state index contributed by atoms with van der Waals surface area (Å²) in [5.41, 5.74) is 3.67. The molecule has 0 bridgehead atoms. The monoisotopic (exact) mass is 296 g/mol. The molecule has 0 unspecified atom stereocenters. The van der Waals surface area contributed by atoms with E-state index < -0.39 is 0 Å². The first-order valence-corrected chi connectivity index (χ1v) is 7.15. The van der Waals surface area contributed by atoms with Gasteiger partial charge in [-0.15, -0.1) is 0 Å². The predicted octanol–water partition coefficient (Wildman–Crippen LogP) is 3.16. The van der Waals surface area contributed by atoms with Crippen LogP contribution in [0.3, 0.4) is 0 Å². The van der Waals surface area contributed by atoms with Crippen molar-refractivity contribution in [3.63, 3.8) is 0 Å². The Kier molecular flexibility index (Phi) is 4.94.